The summed E-state index contributed by atoms with van der Waals surface area (Å²) >= 11 is 3.16. The van der Waals surface area contributed by atoms with Crippen LogP contribution in [0.1, 0.15) is 61.2 Å². The second kappa shape index (κ2) is 9.32. The van der Waals surface area contributed by atoms with Gasteiger partial charge in [0.1, 0.15) is 5.54 Å². The van der Waals surface area contributed by atoms with Crippen molar-refractivity contribution in [2.45, 2.75) is 57.0 Å². The third kappa shape index (κ3) is 4.72. The van der Waals surface area contributed by atoms with Gasteiger partial charge in [0.05, 0.1) is 16.6 Å². The van der Waals surface area contributed by atoms with Crippen molar-refractivity contribution in [2.75, 3.05) is 6.61 Å². The highest BCUT2D eigenvalue weighted by atomic mass is 32.1. The van der Waals surface area contributed by atoms with Crippen LogP contribution in [0.3, 0.4) is 0 Å². The number of thiophene rings is 2. The van der Waals surface area contributed by atoms with Gasteiger partial charge in [-0.2, -0.15) is 5.10 Å². The molecule has 31 heavy (non-hydrogen) atoms. The summed E-state index contributed by atoms with van der Waals surface area (Å²) in [5.41, 5.74) is -0.177. The predicted octanol–water partition coefficient (Wildman–Crippen LogP) is 3.87. The second-order valence-corrected chi connectivity index (χ2v) is 9.82. The van der Waals surface area contributed by atoms with E-state index in [0.29, 0.717) is 19.3 Å². The van der Waals surface area contributed by atoms with Gasteiger partial charge >= 0.3 is 5.97 Å². The van der Waals surface area contributed by atoms with Crippen LogP contribution in [0.2, 0.25) is 0 Å². The van der Waals surface area contributed by atoms with Crippen molar-refractivity contribution in [3.8, 4) is 0 Å². The van der Waals surface area contributed by atoms with Crippen molar-refractivity contribution in [1.29, 1.82) is 0 Å². The Labute approximate surface area is 189 Å². The van der Waals surface area contributed by atoms with Gasteiger partial charge in [0.15, 0.2) is 6.61 Å². The molecule has 0 spiro atoms. The summed E-state index contributed by atoms with van der Waals surface area (Å²) in [5.74, 6) is -1.18. The molecule has 4 rings (SSSR count). The monoisotopic (exact) mass is 459 g/mol. The summed E-state index contributed by atoms with van der Waals surface area (Å²) in [6, 6.07) is 7.68. The van der Waals surface area contributed by atoms with Gasteiger partial charge in [-0.1, -0.05) is 31.4 Å². The molecule has 1 atom stereocenters. The number of ether oxygens (including phenoxy) is 1. The van der Waals surface area contributed by atoms with E-state index in [0.717, 1.165) is 34.7 Å². The van der Waals surface area contributed by atoms with Gasteiger partial charge in [0.25, 0.3) is 5.91 Å². The van der Waals surface area contributed by atoms with Crippen LogP contribution in [0.4, 0.5) is 0 Å². The molecule has 2 aromatic heterocycles. The molecule has 2 aromatic rings. The van der Waals surface area contributed by atoms with Crippen LogP contribution >= 0.6 is 22.7 Å². The smallest absolute Gasteiger partial charge is 0.332 e. The standard InChI is InChI=1S/C22H25N3O4S2/c1-15(26)23-22(9-3-2-4-10-22)21(28)29-14-20(27)25-17(19-8-6-12-31-19)13-16(24-25)18-7-5-11-30-18/h5-8,11-12,17H,2-4,9-10,13-14H2,1H3,(H,23,26). The van der Waals surface area contributed by atoms with Gasteiger partial charge in [-0.05, 0) is 35.7 Å². The Bertz CT molecular complexity index is 963. The van der Waals surface area contributed by atoms with Crippen LogP contribution < -0.4 is 5.32 Å². The molecule has 1 aliphatic carbocycles. The highest BCUT2D eigenvalue weighted by Gasteiger charge is 2.42. The quantitative estimate of drug-likeness (QED) is 0.664. The highest BCUT2D eigenvalue weighted by Crippen LogP contribution is 2.36. The van der Waals surface area contributed by atoms with E-state index >= 15 is 0 Å². The lowest BCUT2D eigenvalue weighted by Crippen LogP contribution is -2.56. The topological polar surface area (TPSA) is 88.1 Å². The first kappa shape index (κ1) is 21.7. The van der Waals surface area contributed by atoms with E-state index in [1.807, 2.05) is 35.0 Å². The number of nitrogens with one attached hydrogen (secondary N) is 1. The molecular formula is C22H25N3O4S2. The van der Waals surface area contributed by atoms with Crippen molar-refractivity contribution < 1.29 is 19.1 Å². The normalized spacial score (nSPS) is 20.2. The van der Waals surface area contributed by atoms with Crippen LogP contribution in [0, 0.1) is 0 Å². The van der Waals surface area contributed by atoms with Gasteiger partial charge in [-0.15, -0.1) is 22.7 Å². The molecule has 1 aliphatic heterocycles. The summed E-state index contributed by atoms with van der Waals surface area (Å²) in [7, 11) is 0. The fraction of sp³-hybridized carbons (Fsp3) is 0.455. The maximum absolute atomic E-state index is 13.0. The lowest BCUT2D eigenvalue weighted by molar-refractivity contribution is -0.160. The molecule has 0 bridgehead atoms. The molecular weight excluding hydrogens is 434 g/mol. The Morgan fingerprint density at radius 1 is 1.16 bits per heavy atom. The van der Waals surface area contributed by atoms with Crippen molar-refractivity contribution in [3.05, 3.63) is 44.8 Å². The van der Waals surface area contributed by atoms with Crippen molar-refractivity contribution in [2.24, 2.45) is 5.10 Å². The summed E-state index contributed by atoms with van der Waals surface area (Å²) in [6.45, 7) is 0.995. The maximum Gasteiger partial charge on any atom is 0.332 e. The molecule has 3 heterocycles. The maximum atomic E-state index is 13.0. The van der Waals surface area contributed by atoms with Gasteiger partial charge in [-0.25, -0.2) is 9.80 Å². The molecule has 1 N–H and O–H groups in total. The average Bonchev–Trinajstić information content (AvgIpc) is 3.52. The minimum atomic E-state index is -1.03. The largest absolute Gasteiger partial charge is 0.454 e. The van der Waals surface area contributed by atoms with Crippen LogP contribution in [0.5, 0.6) is 0 Å². The Balaban J connectivity index is 1.48. The first-order valence-corrected chi connectivity index (χ1v) is 12.2. The third-order valence-electron chi connectivity index (χ3n) is 5.68. The molecule has 164 valence electrons. The Kier molecular flexibility index (Phi) is 6.52. The predicted molar refractivity (Wildman–Crippen MR) is 120 cm³/mol. The zero-order valence-electron chi connectivity index (χ0n) is 17.3. The third-order valence-corrected chi connectivity index (χ3v) is 7.58. The Morgan fingerprint density at radius 3 is 2.55 bits per heavy atom. The van der Waals surface area contributed by atoms with Crippen LogP contribution in [-0.4, -0.2) is 40.7 Å². The average molecular weight is 460 g/mol. The number of hydrazone groups is 1. The fourth-order valence-corrected chi connectivity index (χ4v) is 5.77. The van der Waals surface area contributed by atoms with E-state index < -0.39 is 18.1 Å². The number of rotatable bonds is 6. The summed E-state index contributed by atoms with van der Waals surface area (Å²) in [4.78, 5) is 39.7. The lowest BCUT2D eigenvalue weighted by atomic mass is 9.81. The zero-order chi connectivity index (χ0) is 21.8. The summed E-state index contributed by atoms with van der Waals surface area (Å²) < 4.78 is 5.44. The van der Waals surface area contributed by atoms with Gasteiger partial charge in [-0.3, -0.25) is 9.59 Å². The zero-order valence-corrected chi connectivity index (χ0v) is 19.0. The number of hydrogen-bond donors (Lipinski definition) is 1. The van der Waals surface area contributed by atoms with E-state index in [1.165, 1.54) is 11.9 Å². The summed E-state index contributed by atoms with van der Waals surface area (Å²) in [6.07, 6.45) is 4.37. The Morgan fingerprint density at radius 2 is 1.90 bits per heavy atom. The molecule has 1 unspecified atom stereocenters. The molecule has 7 nitrogen and oxygen atoms in total. The van der Waals surface area contributed by atoms with Crippen molar-refractivity contribution in [3.63, 3.8) is 0 Å². The molecule has 1 saturated carbocycles. The van der Waals surface area contributed by atoms with Crippen LogP contribution in [0.25, 0.3) is 0 Å². The van der Waals surface area contributed by atoms with Gasteiger partial charge < -0.3 is 10.1 Å². The molecule has 0 saturated heterocycles. The van der Waals surface area contributed by atoms with Crippen LogP contribution in [0.15, 0.2) is 40.1 Å². The second-order valence-electron chi connectivity index (χ2n) is 7.90. The Hall–Kier alpha value is -2.52. The summed E-state index contributed by atoms with van der Waals surface area (Å²) in [5, 5.41) is 12.8. The SMILES string of the molecule is CC(=O)NC1(C(=O)OCC(=O)N2N=C(c3cccs3)CC2c2cccs2)CCCCC1. The van der Waals surface area contributed by atoms with Gasteiger partial charge in [0.2, 0.25) is 5.91 Å². The molecule has 0 aromatic carbocycles. The van der Waals surface area contributed by atoms with Gasteiger partial charge in [0, 0.05) is 18.2 Å². The minimum Gasteiger partial charge on any atom is -0.454 e. The molecule has 9 heteroatoms. The number of carbonyl (C=O) groups excluding carboxylic acids is 3. The molecule has 2 amide bonds. The molecule has 2 aliphatic rings. The number of carbonyl (C=O) groups is 3. The molecule has 0 radical (unpaired) electrons. The first-order valence-electron chi connectivity index (χ1n) is 10.4. The number of nitrogens with zero attached hydrogens (tertiary/aromatic N) is 2. The lowest BCUT2D eigenvalue weighted by Gasteiger charge is -2.35. The molecule has 1 fully saturated rings. The van der Waals surface area contributed by atoms with E-state index in [-0.39, 0.29) is 17.9 Å². The van der Waals surface area contributed by atoms with Crippen molar-refractivity contribution >= 4 is 46.2 Å². The van der Waals surface area contributed by atoms with E-state index in [4.69, 9.17) is 4.74 Å². The van der Waals surface area contributed by atoms with Crippen molar-refractivity contribution in [1.82, 2.24) is 10.3 Å². The highest BCUT2D eigenvalue weighted by molar-refractivity contribution is 7.12. The fourth-order valence-electron chi connectivity index (χ4n) is 4.24. The number of esters is 1. The minimum absolute atomic E-state index is 0.206. The number of amides is 2. The van der Waals surface area contributed by atoms with E-state index in [2.05, 4.69) is 10.4 Å². The first-order chi connectivity index (χ1) is 15.0. The van der Waals surface area contributed by atoms with E-state index in [1.54, 1.807) is 22.7 Å². The van der Waals surface area contributed by atoms with E-state index in [9.17, 15) is 14.4 Å². The van der Waals surface area contributed by atoms with Crippen LogP contribution in [-0.2, 0) is 19.1 Å². The number of hydrogen-bond acceptors (Lipinski definition) is 7.